The van der Waals surface area contributed by atoms with Crippen molar-refractivity contribution in [1.82, 2.24) is 5.43 Å². The normalized spacial score (nSPS) is 11.0. The third-order valence-electron chi connectivity index (χ3n) is 2.56. The number of nitrogens with zero attached hydrogens (tertiary/aromatic N) is 2. The predicted molar refractivity (Wildman–Crippen MR) is 82.9 cm³/mol. The van der Waals surface area contributed by atoms with Gasteiger partial charge in [0.1, 0.15) is 11.5 Å². The third-order valence-corrected chi connectivity index (χ3v) is 2.56. The summed E-state index contributed by atoms with van der Waals surface area (Å²) in [6.07, 6.45) is 3.89. The van der Waals surface area contributed by atoms with Gasteiger partial charge in [-0.05, 0) is 17.7 Å². The molecule has 0 fully saturated rings. The van der Waals surface area contributed by atoms with Gasteiger partial charge in [0.2, 0.25) is 0 Å². The van der Waals surface area contributed by atoms with Gasteiger partial charge in [-0.3, -0.25) is 10.1 Å². The minimum Gasteiger partial charge on any atom is -0.444 e. The second-order valence-corrected chi connectivity index (χ2v) is 4.21. The Morgan fingerprint density at radius 2 is 2.09 bits per heavy atom. The molecule has 1 aromatic heterocycles. The van der Waals surface area contributed by atoms with Crippen molar-refractivity contribution in [2.75, 3.05) is 6.61 Å². The van der Waals surface area contributed by atoms with Crippen LogP contribution in [0.4, 0.5) is 10.7 Å². The number of carbonyl (C=O) groups is 1. The number of nitrogens with one attached hydrogen (secondary N) is 1. The molecule has 1 heterocycles. The van der Waals surface area contributed by atoms with E-state index in [4.69, 9.17) is 9.15 Å². The van der Waals surface area contributed by atoms with Crippen molar-refractivity contribution < 1.29 is 18.9 Å². The van der Waals surface area contributed by atoms with E-state index in [1.807, 2.05) is 36.4 Å². The maximum Gasteiger partial charge on any atom is 0.433 e. The first-order valence-corrected chi connectivity index (χ1v) is 6.57. The summed E-state index contributed by atoms with van der Waals surface area (Å²) in [5.74, 6) is -0.263. The number of nitro groups is 1. The number of rotatable bonds is 6. The van der Waals surface area contributed by atoms with Crippen LogP contribution < -0.4 is 5.43 Å². The number of hydrogen-bond acceptors (Lipinski definition) is 6. The van der Waals surface area contributed by atoms with Crippen molar-refractivity contribution in [3.63, 3.8) is 0 Å². The molecule has 0 unspecified atom stereocenters. The summed E-state index contributed by atoms with van der Waals surface area (Å²) in [5.41, 5.74) is 3.11. The maximum absolute atomic E-state index is 11.3. The number of hydrogen-bond donors (Lipinski definition) is 1. The predicted octanol–water partition coefficient (Wildman–Crippen LogP) is 2.96. The second kappa shape index (κ2) is 8.13. The Morgan fingerprint density at radius 1 is 1.30 bits per heavy atom. The molecule has 0 saturated heterocycles. The fourth-order valence-electron chi connectivity index (χ4n) is 1.56. The molecule has 0 bridgehead atoms. The number of furan rings is 1. The number of amides is 1. The van der Waals surface area contributed by atoms with E-state index in [-0.39, 0.29) is 12.4 Å². The zero-order valence-corrected chi connectivity index (χ0v) is 11.9. The highest BCUT2D eigenvalue weighted by atomic mass is 16.6. The Hall–Kier alpha value is -3.42. The van der Waals surface area contributed by atoms with Gasteiger partial charge in [0.25, 0.3) is 0 Å². The van der Waals surface area contributed by atoms with Gasteiger partial charge < -0.3 is 9.15 Å². The molecule has 0 aliphatic carbocycles. The van der Waals surface area contributed by atoms with Crippen LogP contribution in [-0.2, 0) is 4.74 Å². The highest BCUT2D eigenvalue weighted by Gasteiger charge is 2.10. The van der Waals surface area contributed by atoms with Crippen molar-refractivity contribution in [1.29, 1.82) is 0 Å². The number of benzene rings is 1. The van der Waals surface area contributed by atoms with Crippen molar-refractivity contribution in [3.8, 4) is 0 Å². The van der Waals surface area contributed by atoms with Crippen molar-refractivity contribution in [3.05, 3.63) is 70.0 Å². The fourth-order valence-corrected chi connectivity index (χ4v) is 1.56. The molecule has 8 heteroatoms. The Kier molecular flexibility index (Phi) is 5.64. The molecule has 0 aliphatic rings. The average molecular weight is 315 g/mol. The van der Waals surface area contributed by atoms with E-state index in [1.165, 1.54) is 12.1 Å². The summed E-state index contributed by atoms with van der Waals surface area (Å²) in [5, 5.41) is 14.0. The molecule has 2 rings (SSSR count). The van der Waals surface area contributed by atoms with E-state index in [0.29, 0.717) is 0 Å². The largest absolute Gasteiger partial charge is 0.444 e. The fraction of sp³-hybridized carbons (Fsp3) is 0.0667. The first-order chi connectivity index (χ1) is 11.1. The van der Waals surface area contributed by atoms with Gasteiger partial charge in [-0.25, -0.2) is 10.2 Å². The minimum absolute atomic E-state index is 0.0858. The molecule has 118 valence electrons. The van der Waals surface area contributed by atoms with Gasteiger partial charge in [-0.2, -0.15) is 5.10 Å². The van der Waals surface area contributed by atoms with Crippen LogP contribution in [0.25, 0.3) is 6.08 Å². The molecule has 2 aromatic rings. The first kappa shape index (κ1) is 16.0. The standard InChI is InChI=1S/C15H13N3O5/c19-15(22-10-4-7-12-5-2-1-3-6-12)17-16-11-13-8-9-14(23-13)18(20)21/h1-9,11H,10H2,(H,17,19)/b7-4+,16-11+. The van der Waals surface area contributed by atoms with Crippen LogP contribution in [0.1, 0.15) is 11.3 Å². The zero-order chi connectivity index (χ0) is 16.5. The highest BCUT2D eigenvalue weighted by molar-refractivity contribution is 5.78. The molecule has 0 saturated carbocycles. The Balaban J connectivity index is 1.71. The maximum atomic E-state index is 11.3. The summed E-state index contributed by atoms with van der Waals surface area (Å²) in [6.45, 7) is 0.0858. The SMILES string of the molecule is O=C(N/N=C/c1ccc([N+](=O)[O-])o1)OC/C=C/c1ccccc1. The van der Waals surface area contributed by atoms with Crippen LogP contribution in [0.3, 0.4) is 0 Å². The Labute approximate surface area is 131 Å². The zero-order valence-electron chi connectivity index (χ0n) is 11.9. The van der Waals surface area contributed by atoms with Gasteiger partial charge in [-0.1, -0.05) is 36.4 Å². The van der Waals surface area contributed by atoms with Crippen LogP contribution in [-0.4, -0.2) is 23.8 Å². The van der Waals surface area contributed by atoms with Crippen molar-refractivity contribution in [2.24, 2.45) is 5.10 Å². The lowest BCUT2D eigenvalue weighted by Gasteiger charge is -1.99. The minimum atomic E-state index is -0.750. The molecule has 0 radical (unpaired) electrons. The summed E-state index contributed by atoms with van der Waals surface area (Å²) < 4.78 is 9.68. The molecular formula is C15H13N3O5. The van der Waals surface area contributed by atoms with Crippen LogP contribution in [0, 0.1) is 10.1 Å². The summed E-state index contributed by atoms with van der Waals surface area (Å²) in [6, 6.07) is 12.1. The lowest BCUT2D eigenvalue weighted by Crippen LogP contribution is -2.18. The van der Waals surface area contributed by atoms with E-state index in [1.54, 1.807) is 6.08 Å². The van der Waals surface area contributed by atoms with Crippen LogP contribution in [0.5, 0.6) is 0 Å². The third kappa shape index (κ3) is 5.46. The Morgan fingerprint density at radius 3 is 2.78 bits per heavy atom. The average Bonchev–Trinajstić information content (AvgIpc) is 3.02. The topological polar surface area (TPSA) is 107 Å². The van der Waals surface area contributed by atoms with Gasteiger partial charge in [-0.15, -0.1) is 0 Å². The molecule has 8 nitrogen and oxygen atoms in total. The smallest absolute Gasteiger partial charge is 0.433 e. The van der Waals surface area contributed by atoms with E-state index >= 15 is 0 Å². The van der Waals surface area contributed by atoms with E-state index in [0.717, 1.165) is 11.8 Å². The first-order valence-electron chi connectivity index (χ1n) is 6.57. The van der Waals surface area contributed by atoms with E-state index in [9.17, 15) is 14.9 Å². The van der Waals surface area contributed by atoms with Gasteiger partial charge in [0.05, 0.1) is 12.3 Å². The van der Waals surface area contributed by atoms with Crippen LogP contribution >= 0.6 is 0 Å². The van der Waals surface area contributed by atoms with Crippen molar-refractivity contribution >= 4 is 24.3 Å². The summed E-state index contributed by atoms with van der Waals surface area (Å²) >= 11 is 0. The molecule has 0 atom stereocenters. The van der Waals surface area contributed by atoms with E-state index < -0.39 is 16.9 Å². The number of carbonyl (C=O) groups excluding carboxylic acids is 1. The van der Waals surface area contributed by atoms with Crippen LogP contribution in [0.2, 0.25) is 0 Å². The molecule has 0 aliphatic heterocycles. The molecule has 23 heavy (non-hydrogen) atoms. The monoisotopic (exact) mass is 315 g/mol. The van der Waals surface area contributed by atoms with E-state index in [2.05, 4.69) is 10.5 Å². The molecule has 0 spiro atoms. The van der Waals surface area contributed by atoms with Gasteiger partial charge in [0, 0.05) is 0 Å². The lowest BCUT2D eigenvalue weighted by molar-refractivity contribution is -0.402. The molecule has 1 aromatic carbocycles. The van der Waals surface area contributed by atoms with Crippen LogP contribution in [0.15, 0.2) is 58.1 Å². The molecular weight excluding hydrogens is 302 g/mol. The highest BCUT2D eigenvalue weighted by Crippen LogP contribution is 2.13. The molecule has 1 N–H and O–H groups in total. The second-order valence-electron chi connectivity index (χ2n) is 4.21. The van der Waals surface area contributed by atoms with Gasteiger partial charge in [0.15, 0.2) is 5.76 Å². The van der Waals surface area contributed by atoms with Crippen molar-refractivity contribution in [2.45, 2.75) is 0 Å². The van der Waals surface area contributed by atoms with Gasteiger partial charge >= 0.3 is 12.0 Å². The summed E-state index contributed by atoms with van der Waals surface area (Å²) in [7, 11) is 0. The summed E-state index contributed by atoms with van der Waals surface area (Å²) in [4.78, 5) is 21.1. The molecule has 1 amide bonds. The Bertz CT molecular complexity index is 722. The lowest BCUT2D eigenvalue weighted by atomic mass is 10.2. The number of hydrazone groups is 1. The quantitative estimate of drug-likeness (QED) is 0.501. The number of ether oxygens (including phenoxy) is 1.